The molecule has 0 radical (unpaired) electrons. The van der Waals surface area contributed by atoms with Crippen molar-refractivity contribution in [3.8, 4) is 6.07 Å². The van der Waals surface area contributed by atoms with Gasteiger partial charge >= 0.3 is 5.97 Å². The predicted molar refractivity (Wildman–Crippen MR) is 59.8 cm³/mol. The first kappa shape index (κ1) is 12.2. The molecule has 84 valence electrons. The number of carboxylic acid groups (broad SMARTS) is 1. The summed E-state index contributed by atoms with van der Waals surface area (Å²) >= 11 is 0. The molecule has 0 saturated heterocycles. The van der Waals surface area contributed by atoms with Crippen molar-refractivity contribution in [3.05, 3.63) is 35.4 Å². The molecule has 4 heteroatoms. The van der Waals surface area contributed by atoms with Gasteiger partial charge < -0.3 is 5.11 Å². The Kier molecular flexibility index (Phi) is 4.49. The maximum atomic E-state index is 10.3. The summed E-state index contributed by atoms with van der Waals surface area (Å²) < 4.78 is 0. The Morgan fingerprint density at radius 1 is 1.50 bits per heavy atom. The van der Waals surface area contributed by atoms with Crippen molar-refractivity contribution in [1.82, 2.24) is 5.32 Å². The Labute approximate surface area is 94.5 Å². The highest BCUT2D eigenvalue weighted by atomic mass is 16.4. The highest BCUT2D eigenvalue weighted by Gasteiger charge is 2.09. The van der Waals surface area contributed by atoms with E-state index in [1.165, 1.54) is 0 Å². The van der Waals surface area contributed by atoms with Gasteiger partial charge in [-0.2, -0.15) is 5.26 Å². The molecule has 1 aromatic carbocycles. The van der Waals surface area contributed by atoms with Crippen LogP contribution in [0, 0.1) is 18.3 Å². The van der Waals surface area contributed by atoms with E-state index >= 15 is 0 Å². The smallest absolute Gasteiger partial charge is 0.304 e. The lowest BCUT2D eigenvalue weighted by molar-refractivity contribution is -0.136. The van der Waals surface area contributed by atoms with Crippen molar-refractivity contribution in [3.63, 3.8) is 0 Å². The third kappa shape index (κ3) is 3.71. The molecule has 0 amide bonds. The van der Waals surface area contributed by atoms with Gasteiger partial charge in [-0.25, -0.2) is 0 Å². The zero-order valence-electron chi connectivity index (χ0n) is 9.10. The van der Waals surface area contributed by atoms with Crippen LogP contribution >= 0.6 is 0 Å². The van der Waals surface area contributed by atoms with Crippen molar-refractivity contribution in [2.24, 2.45) is 0 Å². The lowest BCUT2D eigenvalue weighted by Gasteiger charge is -2.10. The van der Waals surface area contributed by atoms with Gasteiger partial charge in [0.05, 0.1) is 12.5 Å². The molecule has 2 N–H and O–H groups in total. The second kappa shape index (κ2) is 5.89. The Bertz CT molecular complexity index is 392. The highest BCUT2D eigenvalue weighted by Crippen LogP contribution is 2.12. The largest absolute Gasteiger partial charge is 0.481 e. The van der Waals surface area contributed by atoms with Crippen LogP contribution in [0.25, 0.3) is 0 Å². The van der Waals surface area contributed by atoms with Crippen LogP contribution in [-0.2, 0) is 4.79 Å². The number of benzene rings is 1. The van der Waals surface area contributed by atoms with Crippen LogP contribution in [0.15, 0.2) is 24.3 Å². The number of carbonyl (C=O) groups is 1. The molecular formula is C12H14N2O2. The number of aliphatic carboxylic acids is 1. The van der Waals surface area contributed by atoms with Crippen molar-refractivity contribution in [1.29, 1.82) is 5.26 Å². The average Bonchev–Trinajstić information content (AvgIpc) is 2.26. The number of aryl methyl sites for hydroxylation is 1. The van der Waals surface area contributed by atoms with Crippen LogP contribution in [0.1, 0.15) is 23.6 Å². The lowest BCUT2D eigenvalue weighted by atomic mass is 10.1. The van der Waals surface area contributed by atoms with Crippen molar-refractivity contribution < 1.29 is 9.90 Å². The SMILES string of the molecule is Cc1ccc(C(C#N)NCCC(=O)O)cc1. The minimum absolute atomic E-state index is 0.0179. The topological polar surface area (TPSA) is 73.1 Å². The fourth-order valence-corrected chi connectivity index (χ4v) is 1.32. The summed E-state index contributed by atoms with van der Waals surface area (Å²) in [6, 6.07) is 9.27. The number of hydrogen-bond acceptors (Lipinski definition) is 3. The van der Waals surface area contributed by atoms with E-state index in [0.717, 1.165) is 11.1 Å². The van der Waals surface area contributed by atoms with Crippen LogP contribution in [0.5, 0.6) is 0 Å². The standard InChI is InChI=1S/C12H14N2O2/c1-9-2-4-10(5-3-9)11(8-13)14-7-6-12(15)16/h2-5,11,14H,6-7H2,1H3,(H,15,16). The Balaban J connectivity index is 2.58. The van der Waals surface area contributed by atoms with E-state index in [1.54, 1.807) is 0 Å². The second-order valence-electron chi connectivity index (χ2n) is 3.57. The van der Waals surface area contributed by atoms with E-state index in [9.17, 15) is 4.79 Å². The fourth-order valence-electron chi connectivity index (χ4n) is 1.32. The van der Waals surface area contributed by atoms with E-state index in [0.29, 0.717) is 6.54 Å². The first-order valence-electron chi connectivity index (χ1n) is 5.05. The van der Waals surface area contributed by atoms with Crippen molar-refractivity contribution >= 4 is 5.97 Å². The van der Waals surface area contributed by atoms with Crippen molar-refractivity contribution in [2.45, 2.75) is 19.4 Å². The molecule has 0 heterocycles. The summed E-state index contributed by atoms with van der Waals surface area (Å²) in [6.07, 6.45) is 0.0179. The Morgan fingerprint density at radius 3 is 2.62 bits per heavy atom. The maximum Gasteiger partial charge on any atom is 0.304 e. The molecule has 1 atom stereocenters. The van der Waals surface area contributed by atoms with Gasteiger partial charge in [-0.05, 0) is 12.5 Å². The minimum atomic E-state index is -0.868. The zero-order valence-corrected chi connectivity index (χ0v) is 9.10. The molecule has 0 saturated carbocycles. The number of rotatable bonds is 5. The third-order valence-corrected chi connectivity index (χ3v) is 2.23. The highest BCUT2D eigenvalue weighted by molar-refractivity contribution is 5.66. The van der Waals surface area contributed by atoms with Crippen LogP contribution < -0.4 is 5.32 Å². The third-order valence-electron chi connectivity index (χ3n) is 2.23. The van der Waals surface area contributed by atoms with Gasteiger partial charge in [-0.15, -0.1) is 0 Å². The Hall–Kier alpha value is -1.86. The first-order valence-corrected chi connectivity index (χ1v) is 5.05. The molecule has 1 rings (SSSR count). The molecular weight excluding hydrogens is 204 g/mol. The molecule has 0 aliphatic rings. The van der Waals surface area contributed by atoms with E-state index in [-0.39, 0.29) is 6.42 Å². The molecule has 0 spiro atoms. The molecule has 4 nitrogen and oxygen atoms in total. The van der Waals surface area contributed by atoms with Gasteiger partial charge in [0, 0.05) is 6.54 Å². The van der Waals surface area contributed by atoms with Gasteiger partial charge in [-0.1, -0.05) is 29.8 Å². The van der Waals surface area contributed by atoms with Crippen LogP contribution in [0.3, 0.4) is 0 Å². The van der Waals surface area contributed by atoms with E-state index in [1.807, 2.05) is 31.2 Å². The van der Waals surface area contributed by atoms with Gasteiger partial charge in [0.2, 0.25) is 0 Å². The molecule has 0 fully saturated rings. The molecule has 0 bridgehead atoms. The van der Waals surface area contributed by atoms with Crippen molar-refractivity contribution in [2.75, 3.05) is 6.54 Å². The molecule has 0 aliphatic carbocycles. The summed E-state index contributed by atoms with van der Waals surface area (Å²) in [5.41, 5.74) is 1.99. The van der Waals surface area contributed by atoms with Gasteiger partial charge in [0.15, 0.2) is 0 Å². The molecule has 1 aromatic rings. The summed E-state index contributed by atoms with van der Waals surface area (Å²) in [4.78, 5) is 10.3. The van der Waals surface area contributed by atoms with Gasteiger partial charge in [0.1, 0.15) is 6.04 Å². The number of nitriles is 1. The number of nitrogens with zero attached hydrogens (tertiary/aromatic N) is 1. The van der Waals surface area contributed by atoms with Crippen LogP contribution in [-0.4, -0.2) is 17.6 Å². The minimum Gasteiger partial charge on any atom is -0.481 e. The monoisotopic (exact) mass is 218 g/mol. The first-order chi connectivity index (χ1) is 7.63. The summed E-state index contributed by atoms with van der Waals surface area (Å²) in [7, 11) is 0. The van der Waals surface area contributed by atoms with Crippen LogP contribution in [0.4, 0.5) is 0 Å². The fraction of sp³-hybridized carbons (Fsp3) is 0.333. The van der Waals surface area contributed by atoms with Gasteiger partial charge in [-0.3, -0.25) is 10.1 Å². The normalized spacial score (nSPS) is 11.8. The van der Waals surface area contributed by atoms with Crippen LogP contribution in [0.2, 0.25) is 0 Å². The number of carboxylic acids is 1. The number of hydrogen-bond donors (Lipinski definition) is 2. The molecule has 1 unspecified atom stereocenters. The van der Waals surface area contributed by atoms with E-state index in [2.05, 4.69) is 11.4 Å². The molecule has 0 aromatic heterocycles. The second-order valence-corrected chi connectivity index (χ2v) is 3.57. The van der Waals surface area contributed by atoms with Gasteiger partial charge in [0.25, 0.3) is 0 Å². The lowest BCUT2D eigenvalue weighted by Crippen LogP contribution is -2.22. The summed E-state index contributed by atoms with van der Waals surface area (Å²) in [5, 5.41) is 20.3. The zero-order chi connectivity index (χ0) is 12.0. The Morgan fingerprint density at radius 2 is 2.12 bits per heavy atom. The average molecular weight is 218 g/mol. The summed E-state index contributed by atoms with van der Waals surface area (Å²) in [6.45, 7) is 2.27. The maximum absolute atomic E-state index is 10.3. The van der Waals surface area contributed by atoms with E-state index in [4.69, 9.17) is 10.4 Å². The summed E-state index contributed by atoms with van der Waals surface area (Å²) in [5.74, 6) is -0.868. The predicted octanol–water partition coefficient (Wildman–Crippen LogP) is 1.62. The van der Waals surface area contributed by atoms with E-state index < -0.39 is 12.0 Å². The molecule has 0 aliphatic heterocycles. The quantitative estimate of drug-likeness (QED) is 0.787. The number of nitrogens with one attached hydrogen (secondary N) is 1. The molecule has 16 heavy (non-hydrogen) atoms.